The third kappa shape index (κ3) is 4.30. The first kappa shape index (κ1) is 22.8. The first-order valence-electron chi connectivity index (χ1n) is 10.5. The van der Waals surface area contributed by atoms with E-state index in [1.165, 1.54) is 24.3 Å². The number of hydrogen-bond acceptors (Lipinski definition) is 5. The number of anilines is 2. The fraction of sp³-hybridized carbons (Fsp3) is 0.167. The Bertz CT molecular complexity index is 1080. The number of benzene rings is 2. The van der Waals surface area contributed by atoms with E-state index in [9.17, 15) is 19.2 Å². The molecule has 168 valence electrons. The number of imide groups is 2. The molecule has 0 aliphatic carbocycles. The van der Waals surface area contributed by atoms with Crippen molar-refractivity contribution in [3.8, 4) is 0 Å². The van der Waals surface area contributed by atoms with Crippen LogP contribution >= 0.6 is 0 Å². The lowest BCUT2D eigenvalue weighted by atomic mass is 10.3. The van der Waals surface area contributed by atoms with E-state index < -0.39 is 16.6 Å². The van der Waals surface area contributed by atoms with Crippen molar-refractivity contribution in [1.82, 2.24) is 0 Å². The Labute approximate surface area is 194 Å². The van der Waals surface area contributed by atoms with E-state index in [2.05, 4.69) is 26.2 Å². The highest BCUT2D eigenvalue weighted by molar-refractivity contribution is 6.96. The molecule has 33 heavy (non-hydrogen) atoms. The molecule has 0 spiro atoms. The Balaban J connectivity index is 1.51. The van der Waals surface area contributed by atoms with E-state index in [-0.39, 0.29) is 23.6 Å². The maximum atomic E-state index is 11.9. The third-order valence-electron chi connectivity index (χ3n) is 5.77. The second-order valence-electron chi connectivity index (χ2n) is 8.91. The molecular weight excluding hydrogens is 452 g/mol. The van der Waals surface area contributed by atoms with Crippen molar-refractivity contribution >= 4 is 62.0 Å². The Morgan fingerprint density at radius 2 is 0.788 bits per heavy atom. The molecule has 4 amide bonds. The van der Waals surface area contributed by atoms with Gasteiger partial charge in [0.2, 0.25) is 16.6 Å². The average molecular weight is 477 g/mol. The summed E-state index contributed by atoms with van der Waals surface area (Å²) in [4.78, 5) is 50.0. The molecule has 0 unspecified atom stereocenters. The van der Waals surface area contributed by atoms with Crippen LogP contribution in [-0.2, 0) is 23.3 Å². The van der Waals surface area contributed by atoms with Crippen LogP contribution in [0.5, 0.6) is 0 Å². The Kier molecular flexibility index (Phi) is 5.64. The molecule has 0 saturated carbocycles. The molecule has 2 aliphatic heterocycles. The van der Waals surface area contributed by atoms with Crippen LogP contribution in [-0.4, -0.2) is 40.3 Å². The lowest BCUT2D eigenvalue weighted by Gasteiger charge is -2.35. The van der Waals surface area contributed by atoms with Gasteiger partial charge in [-0.15, -0.1) is 0 Å². The van der Waals surface area contributed by atoms with Gasteiger partial charge in [0, 0.05) is 24.3 Å². The van der Waals surface area contributed by atoms with Crippen molar-refractivity contribution in [3.63, 3.8) is 0 Å². The summed E-state index contributed by atoms with van der Waals surface area (Å²) >= 11 is 0. The minimum absolute atomic E-state index is 0.342. The number of carbonyl (C=O) groups is 4. The lowest BCUT2D eigenvalue weighted by Crippen LogP contribution is -2.57. The molecule has 0 N–H and O–H groups in total. The van der Waals surface area contributed by atoms with Crippen LogP contribution < -0.4 is 20.2 Å². The topological polar surface area (TPSA) is 84.0 Å². The zero-order chi connectivity index (χ0) is 24.0. The van der Waals surface area contributed by atoms with Crippen LogP contribution in [0, 0.1) is 0 Å². The highest BCUT2D eigenvalue weighted by Gasteiger charge is 2.36. The fourth-order valence-electron chi connectivity index (χ4n) is 4.09. The molecule has 0 bridgehead atoms. The van der Waals surface area contributed by atoms with E-state index in [4.69, 9.17) is 4.12 Å². The highest BCUT2D eigenvalue weighted by atomic mass is 28.4. The first-order chi connectivity index (χ1) is 15.5. The smallest absolute Gasteiger partial charge is 0.258 e. The van der Waals surface area contributed by atoms with Gasteiger partial charge in [0.25, 0.3) is 23.6 Å². The largest absolute Gasteiger partial charge is 0.449 e. The van der Waals surface area contributed by atoms with Crippen LogP contribution in [0.2, 0.25) is 26.2 Å². The van der Waals surface area contributed by atoms with Gasteiger partial charge >= 0.3 is 0 Å². The van der Waals surface area contributed by atoms with Crippen LogP contribution in [0.25, 0.3) is 0 Å². The third-order valence-corrected chi connectivity index (χ3v) is 13.3. The van der Waals surface area contributed by atoms with Crippen molar-refractivity contribution in [3.05, 3.63) is 72.8 Å². The van der Waals surface area contributed by atoms with Gasteiger partial charge in [-0.25, -0.2) is 9.80 Å². The molecule has 0 saturated heterocycles. The molecule has 2 heterocycles. The molecule has 0 aromatic heterocycles. The van der Waals surface area contributed by atoms with Crippen LogP contribution in [0.15, 0.2) is 72.8 Å². The molecule has 0 atom stereocenters. The summed E-state index contributed by atoms with van der Waals surface area (Å²) in [5.41, 5.74) is 1.08. The summed E-state index contributed by atoms with van der Waals surface area (Å²) < 4.78 is 6.77. The van der Waals surface area contributed by atoms with Gasteiger partial charge in [-0.3, -0.25) is 19.2 Å². The zero-order valence-corrected chi connectivity index (χ0v) is 20.9. The summed E-state index contributed by atoms with van der Waals surface area (Å²) in [5, 5.41) is 2.10. The number of rotatable bonds is 6. The predicted molar refractivity (Wildman–Crippen MR) is 131 cm³/mol. The standard InChI is InChI=1S/C24H24N2O5Si2/c1-32(2,19-9-5-17(6-10-19)25-21(27)13-14-22(25)28)31-33(3,4)20-11-7-18(8-12-20)26-23(29)15-16-24(26)30/h5-16H,1-4H3. The van der Waals surface area contributed by atoms with Crippen molar-refractivity contribution in [2.24, 2.45) is 0 Å². The maximum absolute atomic E-state index is 11.9. The van der Waals surface area contributed by atoms with E-state index in [1.54, 1.807) is 24.3 Å². The van der Waals surface area contributed by atoms with Gasteiger partial charge in [-0.1, -0.05) is 24.3 Å². The number of amides is 4. The van der Waals surface area contributed by atoms with Crippen molar-refractivity contribution in [2.45, 2.75) is 26.2 Å². The molecule has 2 aromatic rings. The second kappa shape index (κ2) is 8.18. The van der Waals surface area contributed by atoms with E-state index in [0.717, 1.165) is 20.2 Å². The normalized spacial score (nSPS) is 16.5. The van der Waals surface area contributed by atoms with Gasteiger partial charge in [-0.05, 0) is 60.8 Å². The van der Waals surface area contributed by atoms with Crippen molar-refractivity contribution in [1.29, 1.82) is 0 Å². The van der Waals surface area contributed by atoms with Crippen LogP contribution in [0.1, 0.15) is 0 Å². The van der Waals surface area contributed by atoms with E-state index >= 15 is 0 Å². The number of carbonyl (C=O) groups excluding carboxylic acids is 4. The van der Waals surface area contributed by atoms with E-state index in [0.29, 0.717) is 11.4 Å². The van der Waals surface area contributed by atoms with Gasteiger partial charge in [0.15, 0.2) is 0 Å². The zero-order valence-electron chi connectivity index (χ0n) is 18.9. The summed E-state index contributed by atoms with van der Waals surface area (Å²) in [7, 11) is -4.65. The second-order valence-corrected chi connectivity index (χ2v) is 16.9. The Morgan fingerprint density at radius 1 is 0.515 bits per heavy atom. The SMILES string of the molecule is C[Si](C)(O[Si](C)(C)c1ccc(N2C(=O)C=CC2=O)cc1)c1ccc(N2C(=O)C=CC2=O)cc1. The van der Waals surface area contributed by atoms with Crippen LogP contribution in [0.4, 0.5) is 11.4 Å². The van der Waals surface area contributed by atoms with Crippen molar-refractivity contribution < 1.29 is 23.3 Å². The fourth-order valence-corrected chi connectivity index (χ4v) is 12.1. The number of nitrogens with zero attached hydrogens (tertiary/aromatic N) is 2. The molecular formula is C24H24N2O5Si2. The maximum Gasteiger partial charge on any atom is 0.258 e. The Hall–Kier alpha value is -3.41. The van der Waals surface area contributed by atoms with Crippen molar-refractivity contribution in [2.75, 3.05) is 9.80 Å². The first-order valence-corrected chi connectivity index (χ1v) is 16.3. The van der Waals surface area contributed by atoms with Crippen LogP contribution in [0.3, 0.4) is 0 Å². The number of hydrogen-bond donors (Lipinski definition) is 0. The summed E-state index contributed by atoms with van der Waals surface area (Å²) in [6.45, 7) is 8.47. The average Bonchev–Trinajstić information content (AvgIpc) is 3.27. The van der Waals surface area contributed by atoms with E-state index in [1.807, 2.05) is 24.3 Å². The highest BCUT2D eigenvalue weighted by Crippen LogP contribution is 2.22. The predicted octanol–water partition coefficient (Wildman–Crippen LogP) is 2.09. The lowest BCUT2D eigenvalue weighted by molar-refractivity contribution is -0.121. The Morgan fingerprint density at radius 3 is 1.06 bits per heavy atom. The molecule has 0 radical (unpaired) electrons. The minimum atomic E-state index is -2.33. The molecule has 7 nitrogen and oxygen atoms in total. The van der Waals surface area contributed by atoms with Gasteiger partial charge in [0.05, 0.1) is 11.4 Å². The summed E-state index contributed by atoms with van der Waals surface area (Å²) in [6.07, 6.45) is 5.07. The summed E-state index contributed by atoms with van der Waals surface area (Å²) in [6, 6.07) is 14.8. The molecule has 2 aliphatic rings. The molecule has 4 rings (SSSR count). The molecule has 2 aromatic carbocycles. The van der Waals surface area contributed by atoms with Gasteiger partial charge < -0.3 is 4.12 Å². The molecule has 0 fully saturated rings. The molecule has 9 heteroatoms. The minimum Gasteiger partial charge on any atom is -0.449 e. The summed E-state index contributed by atoms with van der Waals surface area (Å²) in [5.74, 6) is -1.37. The van der Waals surface area contributed by atoms with Gasteiger partial charge in [0.1, 0.15) is 0 Å². The quantitative estimate of drug-likeness (QED) is 0.471. The van der Waals surface area contributed by atoms with Gasteiger partial charge in [-0.2, -0.15) is 0 Å². The monoisotopic (exact) mass is 476 g/mol.